The molecule has 1 aliphatic rings. The largest absolute Gasteiger partial charge is 0.393 e. The van der Waals surface area contributed by atoms with Gasteiger partial charge in [-0.3, -0.25) is 4.79 Å². The van der Waals surface area contributed by atoms with E-state index < -0.39 is 5.60 Å². The molecule has 0 radical (unpaired) electrons. The molecular weight excluding hydrogens is 224 g/mol. The minimum atomic E-state index is -0.608. The van der Waals surface area contributed by atoms with Crippen molar-refractivity contribution in [1.29, 1.82) is 0 Å². The number of ether oxygens (including phenoxy) is 1. The van der Waals surface area contributed by atoms with Crippen molar-refractivity contribution in [3.8, 4) is 0 Å². The SMILES string of the molecule is CC1(C(=O)NCCCCC(N)=S)CCCO1. The first-order chi connectivity index (χ1) is 7.54. The highest BCUT2D eigenvalue weighted by Gasteiger charge is 2.37. The maximum atomic E-state index is 11.8. The summed E-state index contributed by atoms with van der Waals surface area (Å²) in [6, 6.07) is 0. The molecule has 5 heteroatoms. The van der Waals surface area contributed by atoms with Crippen LogP contribution >= 0.6 is 12.2 Å². The van der Waals surface area contributed by atoms with Gasteiger partial charge in [0, 0.05) is 13.2 Å². The fraction of sp³-hybridized carbons (Fsp3) is 0.818. The van der Waals surface area contributed by atoms with Gasteiger partial charge in [0.25, 0.3) is 5.91 Å². The Morgan fingerprint density at radius 3 is 2.88 bits per heavy atom. The van der Waals surface area contributed by atoms with Crippen molar-refractivity contribution in [3.05, 3.63) is 0 Å². The minimum absolute atomic E-state index is 0.000301. The quantitative estimate of drug-likeness (QED) is 0.543. The maximum Gasteiger partial charge on any atom is 0.251 e. The van der Waals surface area contributed by atoms with E-state index in [9.17, 15) is 4.79 Å². The van der Waals surface area contributed by atoms with Crippen LogP contribution < -0.4 is 11.1 Å². The predicted octanol–water partition coefficient (Wildman–Crippen LogP) is 1.13. The molecule has 1 heterocycles. The minimum Gasteiger partial charge on any atom is -0.393 e. The van der Waals surface area contributed by atoms with E-state index in [1.165, 1.54) is 0 Å². The number of carbonyl (C=O) groups is 1. The molecule has 0 bridgehead atoms. The normalized spacial score (nSPS) is 24.3. The van der Waals surface area contributed by atoms with Crippen LogP contribution in [0.15, 0.2) is 0 Å². The van der Waals surface area contributed by atoms with E-state index in [0.29, 0.717) is 18.1 Å². The molecule has 1 fully saturated rings. The first kappa shape index (κ1) is 13.4. The van der Waals surface area contributed by atoms with E-state index in [1.54, 1.807) is 0 Å². The second kappa shape index (κ2) is 6.15. The van der Waals surface area contributed by atoms with Gasteiger partial charge in [0.15, 0.2) is 0 Å². The van der Waals surface area contributed by atoms with Crippen LogP contribution in [0.2, 0.25) is 0 Å². The van der Waals surface area contributed by atoms with Crippen molar-refractivity contribution < 1.29 is 9.53 Å². The highest BCUT2D eigenvalue weighted by molar-refractivity contribution is 7.80. The fourth-order valence-electron chi connectivity index (χ4n) is 1.77. The van der Waals surface area contributed by atoms with E-state index in [1.807, 2.05) is 6.92 Å². The molecule has 1 atom stereocenters. The van der Waals surface area contributed by atoms with Gasteiger partial charge < -0.3 is 15.8 Å². The lowest BCUT2D eigenvalue weighted by molar-refractivity contribution is -0.139. The first-order valence-corrected chi connectivity index (χ1v) is 6.16. The number of amides is 1. The van der Waals surface area contributed by atoms with Gasteiger partial charge in [0.2, 0.25) is 0 Å². The Labute approximate surface area is 102 Å². The number of rotatable bonds is 6. The molecular formula is C11H20N2O2S. The summed E-state index contributed by atoms with van der Waals surface area (Å²) in [5.74, 6) is 0.000301. The summed E-state index contributed by atoms with van der Waals surface area (Å²) < 4.78 is 5.44. The van der Waals surface area contributed by atoms with Gasteiger partial charge >= 0.3 is 0 Å². The number of hydrogen-bond donors (Lipinski definition) is 2. The Hall–Kier alpha value is -0.680. The van der Waals surface area contributed by atoms with Gasteiger partial charge in [-0.15, -0.1) is 0 Å². The molecule has 0 saturated carbocycles. The monoisotopic (exact) mass is 244 g/mol. The summed E-state index contributed by atoms with van der Waals surface area (Å²) in [4.78, 5) is 12.3. The molecule has 1 rings (SSSR count). The highest BCUT2D eigenvalue weighted by Crippen LogP contribution is 2.24. The summed E-state index contributed by atoms with van der Waals surface area (Å²) in [6.07, 6.45) is 4.35. The smallest absolute Gasteiger partial charge is 0.251 e. The van der Waals surface area contributed by atoms with Crippen LogP contribution in [0.1, 0.15) is 39.0 Å². The lowest BCUT2D eigenvalue weighted by Crippen LogP contribution is -2.44. The van der Waals surface area contributed by atoms with Crippen LogP contribution in [-0.2, 0) is 9.53 Å². The van der Waals surface area contributed by atoms with E-state index in [0.717, 1.165) is 32.1 Å². The predicted molar refractivity (Wildman–Crippen MR) is 67.2 cm³/mol. The molecule has 0 aromatic heterocycles. The summed E-state index contributed by atoms with van der Waals surface area (Å²) in [5, 5.41) is 2.89. The zero-order chi connectivity index (χ0) is 12.0. The molecule has 4 nitrogen and oxygen atoms in total. The van der Waals surface area contributed by atoms with Gasteiger partial charge in [0.05, 0.1) is 4.99 Å². The number of carbonyl (C=O) groups excluding carboxylic acids is 1. The Morgan fingerprint density at radius 1 is 1.56 bits per heavy atom. The Morgan fingerprint density at radius 2 is 2.31 bits per heavy atom. The van der Waals surface area contributed by atoms with E-state index in [2.05, 4.69) is 5.32 Å². The van der Waals surface area contributed by atoms with Gasteiger partial charge in [-0.2, -0.15) is 0 Å². The Balaban J connectivity index is 2.13. The van der Waals surface area contributed by atoms with Crippen LogP contribution in [0, 0.1) is 0 Å². The molecule has 1 aliphatic heterocycles. The lowest BCUT2D eigenvalue weighted by atomic mass is 10.0. The molecule has 0 aromatic carbocycles. The zero-order valence-electron chi connectivity index (χ0n) is 9.75. The van der Waals surface area contributed by atoms with Crippen LogP contribution in [0.5, 0.6) is 0 Å². The molecule has 1 unspecified atom stereocenters. The maximum absolute atomic E-state index is 11.8. The van der Waals surface area contributed by atoms with Crippen molar-refractivity contribution in [2.24, 2.45) is 5.73 Å². The summed E-state index contributed by atoms with van der Waals surface area (Å²) in [7, 11) is 0. The zero-order valence-corrected chi connectivity index (χ0v) is 10.6. The third-order valence-electron chi connectivity index (χ3n) is 2.83. The van der Waals surface area contributed by atoms with Crippen molar-refractivity contribution in [2.45, 2.75) is 44.6 Å². The topological polar surface area (TPSA) is 64.4 Å². The molecule has 3 N–H and O–H groups in total. The number of unbranched alkanes of at least 4 members (excludes halogenated alkanes) is 1. The number of thiocarbonyl (C=S) groups is 1. The van der Waals surface area contributed by atoms with Gasteiger partial charge in [-0.05, 0) is 39.0 Å². The molecule has 0 aliphatic carbocycles. The van der Waals surface area contributed by atoms with Gasteiger partial charge in [-0.25, -0.2) is 0 Å². The van der Waals surface area contributed by atoms with Crippen molar-refractivity contribution >= 4 is 23.1 Å². The van der Waals surface area contributed by atoms with Gasteiger partial charge in [-0.1, -0.05) is 12.2 Å². The van der Waals surface area contributed by atoms with Crippen LogP contribution in [-0.4, -0.2) is 29.6 Å². The lowest BCUT2D eigenvalue weighted by Gasteiger charge is -2.21. The van der Waals surface area contributed by atoms with Gasteiger partial charge in [0.1, 0.15) is 5.60 Å². The third kappa shape index (κ3) is 4.06. The van der Waals surface area contributed by atoms with E-state index >= 15 is 0 Å². The Kier molecular flexibility index (Phi) is 5.15. The second-order valence-corrected chi connectivity index (χ2v) is 4.89. The molecule has 0 aromatic rings. The number of hydrogen-bond acceptors (Lipinski definition) is 3. The van der Waals surface area contributed by atoms with Crippen molar-refractivity contribution in [3.63, 3.8) is 0 Å². The van der Waals surface area contributed by atoms with Crippen LogP contribution in [0.25, 0.3) is 0 Å². The third-order valence-corrected chi connectivity index (χ3v) is 3.04. The van der Waals surface area contributed by atoms with E-state index in [-0.39, 0.29) is 5.91 Å². The second-order valence-electron chi connectivity index (χ2n) is 4.36. The van der Waals surface area contributed by atoms with Crippen molar-refractivity contribution in [2.75, 3.05) is 13.2 Å². The summed E-state index contributed by atoms with van der Waals surface area (Å²) >= 11 is 4.77. The number of nitrogens with two attached hydrogens (primary N) is 1. The number of nitrogens with one attached hydrogen (secondary N) is 1. The van der Waals surface area contributed by atoms with Crippen molar-refractivity contribution in [1.82, 2.24) is 5.32 Å². The fourth-order valence-corrected chi connectivity index (χ4v) is 1.92. The molecule has 1 amide bonds. The highest BCUT2D eigenvalue weighted by atomic mass is 32.1. The Bertz CT molecular complexity index is 263. The molecule has 16 heavy (non-hydrogen) atoms. The van der Waals surface area contributed by atoms with Crippen LogP contribution in [0.4, 0.5) is 0 Å². The van der Waals surface area contributed by atoms with E-state index in [4.69, 9.17) is 22.7 Å². The molecule has 1 saturated heterocycles. The average Bonchev–Trinajstić information content (AvgIpc) is 2.65. The average molecular weight is 244 g/mol. The summed E-state index contributed by atoms with van der Waals surface area (Å²) in [5.41, 5.74) is 4.77. The standard InChI is InChI=1S/C11H20N2O2S/c1-11(6-4-8-15-11)10(14)13-7-3-2-5-9(12)16/h2-8H2,1H3,(H2,12,16)(H,13,14). The molecule has 0 spiro atoms. The molecule has 92 valence electrons. The summed E-state index contributed by atoms with van der Waals surface area (Å²) in [6.45, 7) is 3.20. The van der Waals surface area contributed by atoms with Crippen LogP contribution in [0.3, 0.4) is 0 Å². The first-order valence-electron chi connectivity index (χ1n) is 5.75.